The van der Waals surface area contributed by atoms with Gasteiger partial charge in [0.05, 0.1) is 13.2 Å². The first-order valence-electron chi connectivity index (χ1n) is 8.90. The molecule has 1 aromatic carbocycles. The van der Waals surface area contributed by atoms with Crippen molar-refractivity contribution in [2.45, 2.75) is 26.4 Å². The van der Waals surface area contributed by atoms with E-state index in [-0.39, 0.29) is 30.1 Å². The van der Waals surface area contributed by atoms with E-state index in [0.29, 0.717) is 6.54 Å². The lowest BCUT2D eigenvalue weighted by Gasteiger charge is -2.19. The van der Waals surface area contributed by atoms with Gasteiger partial charge < -0.3 is 25.0 Å². The minimum Gasteiger partial charge on any atom is -0.489 e. The van der Waals surface area contributed by atoms with Crippen LogP contribution in [0, 0.1) is 6.92 Å². The van der Waals surface area contributed by atoms with Crippen LogP contribution in [0.25, 0.3) is 0 Å². The van der Waals surface area contributed by atoms with E-state index < -0.39 is 0 Å². The molecule has 150 valence electrons. The molecule has 0 aromatic heterocycles. The predicted octanol–water partition coefficient (Wildman–Crippen LogP) is 2.51. The number of aliphatic imine (C=N–C) groups is 1. The van der Waals surface area contributed by atoms with Crippen molar-refractivity contribution in [1.29, 1.82) is 0 Å². The van der Waals surface area contributed by atoms with Crippen LogP contribution in [0.5, 0.6) is 5.75 Å². The number of hydrogen-bond acceptors (Lipinski definition) is 4. The highest BCUT2D eigenvalue weighted by Crippen LogP contribution is 2.13. The molecule has 1 aromatic rings. The normalized spacial score (nSPS) is 12.5. The van der Waals surface area contributed by atoms with E-state index in [2.05, 4.69) is 40.6 Å². The van der Waals surface area contributed by atoms with Crippen LogP contribution in [0.4, 0.5) is 0 Å². The molecule has 0 spiro atoms. The summed E-state index contributed by atoms with van der Waals surface area (Å²) in [5.74, 6) is 1.70. The Morgan fingerprint density at radius 2 is 2.04 bits per heavy atom. The number of hydrogen-bond donors (Lipinski definition) is 2. The van der Waals surface area contributed by atoms with Gasteiger partial charge in [-0.2, -0.15) is 0 Å². The Morgan fingerprint density at radius 3 is 2.69 bits per heavy atom. The molecular weight excluding hydrogens is 443 g/mol. The zero-order valence-electron chi connectivity index (χ0n) is 16.7. The van der Waals surface area contributed by atoms with Crippen LogP contribution in [0.1, 0.15) is 18.9 Å². The lowest BCUT2D eigenvalue weighted by molar-refractivity contribution is 0.161. The smallest absolute Gasteiger partial charge is 0.191 e. The molecular formula is C19H35IN4O2. The third-order valence-corrected chi connectivity index (χ3v) is 3.79. The van der Waals surface area contributed by atoms with Gasteiger partial charge in [-0.15, -0.1) is 24.0 Å². The molecule has 0 bridgehead atoms. The van der Waals surface area contributed by atoms with E-state index in [0.717, 1.165) is 44.4 Å². The quantitative estimate of drug-likeness (QED) is 0.222. The van der Waals surface area contributed by atoms with E-state index in [4.69, 9.17) is 9.47 Å². The van der Waals surface area contributed by atoms with Gasteiger partial charge in [0.1, 0.15) is 11.9 Å². The third kappa shape index (κ3) is 11.5. The second-order valence-electron chi connectivity index (χ2n) is 6.27. The van der Waals surface area contributed by atoms with Crippen molar-refractivity contribution in [2.24, 2.45) is 4.99 Å². The zero-order chi connectivity index (χ0) is 18.5. The number of nitrogens with one attached hydrogen (secondary N) is 2. The summed E-state index contributed by atoms with van der Waals surface area (Å²) in [6.45, 7) is 8.44. The summed E-state index contributed by atoms with van der Waals surface area (Å²) < 4.78 is 11.0. The van der Waals surface area contributed by atoms with Crippen LogP contribution in [0.3, 0.4) is 0 Å². The summed E-state index contributed by atoms with van der Waals surface area (Å²) in [5.41, 5.74) is 1.20. The fraction of sp³-hybridized carbons (Fsp3) is 0.632. The molecule has 0 radical (unpaired) electrons. The molecule has 1 rings (SSSR count). The Kier molecular flexibility index (Phi) is 14.4. The van der Waals surface area contributed by atoms with Crippen LogP contribution < -0.4 is 15.4 Å². The highest BCUT2D eigenvalue weighted by atomic mass is 127. The third-order valence-electron chi connectivity index (χ3n) is 3.79. The first kappa shape index (κ1) is 24.9. The fourth-order valence-electron chi connectivity index (χ4n) is 2.34. The Bertz CT molecular complexity index is 514. The molecule has 6 nitrogen and oxygen atoms in total. The zero-order valence-corrected chi connectivity index (χ0v) is 19.1. The Hall–Kier alpha value is -1.06. The first-order chi connectivity index (χ1) is 12.0. The lowest BCUT2D eigenvalue weighted by Crippen LogP contribution is -2.42. The van der Waals surface area contributed by atoms with Crippen LogP contribution >= 0.6 is 24.0 Å². The lowest BCUT2D eigenvalue weighted by atomic mass is 10.2. The van der Waals surface area contributed by atoms with E-state index in [1.807, 2.05) is 25.1 Å². The largest absolute Gasteiger partial charge is 0.489 e. The van der Waals surface area contributed by atoms with Crippen LogP contribution in [-0.2, 0) is 4.74 Å². The van der Waals surface area contributed by atoms with Gasteiger partial charge in [0.15, 0.2) is 5.96 Å². The van der Waals surface area contributed by atoms with Gasteiger partial charge in [-0.3, -0.25) is 4.99 Å². The second-order valence-corrected chi connectivity index (χ2v) is 6.27. The highest BCUT2D eigenvalue weighted by molar-refractivity contribution is 14.0. The summed E-state index contributed by atoms with van der Waals surface area (Å²) in [5, 5.41) is 6.64. The minimum atomic E-state index is 0. The number of nitrogens with zero attached hydrogens (tertiary/aromatic N) is 2. The summed E-state index contributed by atoms with van der Waals surface area (Å²) in [7, 11) is 5.62. The van der Waals surface area contributed by atoms with Crippen molar-refractivity contribution in [2.75, 3.05) is 54.0 Å². The van der Waals surface area contributed by atoms with Crippen LogP contribution in [0.15, 0.2) is 29.3 Å². The summed E-state index contributed by atoms with van der Waals surface area (Å²) >= 11 is 0. The second kappa shape index (κ2) is 15.0. The van der Waals surface area contributed by atoms with E-state index in [1.54, 1.807) is 14.2 Å². The molecule has 7 heteroatoms. The number of benzene rings is 1. The summed E-state index contributed by atoms with van der Waals surface area (Å²) in [4.78, 5) is 6.52. The van der Waals surface area contributed by atoms with Crippen molar-refractivity contribution in [3.63, 3.8) is 0 Å². The van der Waals surface area contributed by atoms with Crippen molar-refractivity contribution in [3.8, 4) is 5.75 Å². The van der Waals surface area contributed by atoms with Crippen LogP contribution in [0.2, 0.25) is 0 Å². The maximum Gasteiger partial charge on any atom is 0.191 e. The van der Waals surface area contributed by atoms with E-state index >= 15 is 0 Å². The molecule has 0 aliphatic carbocycles. The molecule has 0 saturated carbocycles. The minimum absolute atomic E-state index is 0. The van der Waals surface area contributed by atoms with E-state index in [9.17, 15) is 0 Å². The molecule has 0 aliphatic heterocycles. The molecule has 0 fully saturated rings. The van der Waals surface area contributed by atoms with Crippen LogP contribution in [-0.4, -0.2) is 71.0 Å². The molecule has 1 atom stereocenters. The van der Waals surface area contributed by atoms with Gasteiger partial charge in [-0.1, -0.05) is 12.1 Å². The van der Waals surface area contributed by atoms with Gasteiger partial charge in [0, 0.05) is 27.2 Å². The molecule has 2 N–H and O–H groups in total. The van der Waals surface area contributed by atoms with Crippen molar-refractivity contribution in [1.82, 2.24) is 15.5 Å². The first-order valence-corrected chi connectivity index (χ1v) is 8.90. The van der Waals surface area contributed by atoms with Gasteiger partial charge in [-0.25, -0.2) is 0 Å². The number of methoxy groups -OCH3 is 1. The van der Waals surface area contributed by atoms with Gasteiger partial charge >= 0.3 is 0 Å². The molecule has 0 heterocycles. The Morgan fingerprint density at radius 1 is 1.27 bits per heavy atom. The molecule has 1 unspecified atom stereocenters. The van der Waals surface area contributed by atoms with Crippen molar-refractivity contribution >= 4 is 29.9 Å². The number of aryl methyl sites for hydroxylation is 1. The predicted molar refractivity (Wildman–Crippen MR) is 120 cm³/mol. The van der Waals surface area contributed by atoms with Gasteiger partial charge in [-0.05, 0) is 51.6 Å². The molecule has 0 saturated heterocycles. The standard InChI is InChI=1S/C19H34N4O2.HI/c1-16-8-6-9-18(14-16)25-17(2)15-22-19(20-3)21-10-7-11-23(4)12-13-24-5;/h6,8-9,14,17H,7,10-13,15H2,1-5H3,(H2,20,21,22);1H. The molecule has 0 amide bonds. The molecule has 0 aliphatic rings. The molecule has 26 heavy (non-hydrogen) atoms. The average Bonchev–Trinajstić information content (AvgIpc) is 2.59. The topological polar surface area (TPSA) is 58.1 Å². The van der Waals surface area contributed by atoms with E-state index in [1.165, 1.54) is 5.56 Å². The maximum absolute atomic E-state index is 5.92. The maximum atomic E-state index is 5.92. The van der Waals surface area contributed by atoms with Crippen molar-refractivity contribution < 1.29 is 9.47 Å². The number of likely N-dealkylation sites (N-methyl/N-ethyl adjacent to an activating group) is 1. The summed E-state index contributed by atoms with van der Waals surface area (Å²) in [6.07, 6.45) is 1.11. The Labute approximate surface area is 175 Å². The SMILES string of the molecule is CN=C(NCCCN(C)CCOC)NCC(C)Oc1cccc(C)c1.I. The average molecular weight is 478 g/mol. The number of ether oxygens (including phenoxy) is 2. The highest BCUT2D eigenvalue weighted by Gasteiger charge is 2.06. The van der Waals surface area contributed by atoms with Gasteiger partial charge in [0.2, 0.25) is 0 Å². The van der Waals surface area contributed by atoms with Crippen molar-refractivity contribution in [3.05, 3.63) is 29.8 Å². The fourth-order valence-corrected chi connectivity index (χ4v) is 2.34. The van der Waals surface area contributed by atoms with Gasteiger partial charge in [0.25, 0.3) is 0 Å². The monoisotopic (exact) mass is 478 g/mol. The summed E-state index contributed by atoms with van der Waals surface area (Å²) in [6, 6.07) is 8.10. The number of halogens is 1. The Balaban J connectivity index is 0.00000625. The number of rotatable bonds is 11. The number of guanidine groups is 1.